The van der Waals surface area contributed by atoms with Crippen molar-refractivity contribution in [1.82, 2.24) is 0 Å². The molecule has 0 fully saturated rings. The molecule has 5 heteroatoms. The van der Waals surface area contributed by atoms with Crippen LogP contribution in [0.15, 0.2) is 24.3 Å². The van der Waals surface area contributed by atoms with Crippen LogP contribution >= 0.6 is 0 Å². The summed E-state index contributed by atoms with van der Waals surface area (Å²) in [6, 6.07) is 6.71. The fourth-order valence-electron chi connectivity index (χ4n) is 1.49. The molecule has 3 N–H and O–H groups in total. The maximum absolute atomic E-state index is 11.2. The van der Waals surface area contributed by atoms with Crippen LogP contribution in [0.5, 0.6) is 0 Å². The van der Waals surface area contributed by atoms with E-state index in [9.17, 15) is 9.59 Å². The molecule has 1 aromatic carbocycles. The number of aliphatic carboxylic acids is 1. The van der Waals surface area contributed by atoms with E-state index in [-0.39, 0.29) is 6.54 Å². The van der Waals surface area contributed by atoms with Crippen LogP contribution in [0.25, 0.3) is 0 Å². The molecule has 0 aliphatic heterocycles. The van der Waals surface area contributed by atoms with Crippen LogP contribution in [0.2, 0.25) is 0 Å². The van der Waals surface area contributed by atoms with E-state index in [2.05, 4.69) is 0 Å². The zero-order valence-corrected chi connectivity index (χ0v) is 9.01. The first-order valence-corrected chi connectivity index (χ1v) is 4.91. The van der Waals surface area contributed by atoms with Gasteiger partial charge in [-0.05, 0) is 19.1 Å². The minimum Gasteiger partial charge on any atom is -0.480 e. The number of nitrogens with zero attached hydrogens (tertiary/aromatic N) is 1. The number of hydrogen-bond acceptors (Lipinski definition) is 3. The summed E-state index contributed by atoms with van der Waals surface area (Å²) >= 11 is 0. The first kappa shape index (κ1) is 12.0. The first-order valence-electron chi connectivity index (χ1n) is 4.91. The van der Waals surface area contributed by atoms with Crippen molar-refractivity contribution in [3.05, 3.63) is 29.8 Å². The number of carbonyl (C=O) groups is 2. The maximum Gasteiger partial charge on any atom is 0.323 e. The molecule has 16 heavy (non-hydrogen) atoms. The number of hydrogen-bond donors (Lipinski definition) is 2. The molecule has 0 aliphatic rings. The molecule has 0 spiro atoms. The van der Waals surface area contributed by atoms with Gasteiger partial charge in [-0.25, -0.2) is 0 Å². The van der Waals surface area contributed by atoms with Gasteiger partial charge < -0.3 is 15.7 Å². The van der Waals surface area contributed by atoms with Crippen LogP contribution in [0.1, 0.15) is 17.3 Å². The van der Waals surface area contributed by atoms with E-state index >= 15 is 0 Å². The van der Waals surface area contributed by atoms with E-state index in [1.807, 2.05) is 6.92 Å². The number of rotatable bonds is 5. The summed E-state index contributed by atoms with van der Waals surface area (Å²) in [4.78, 5) is 23.4. The second-order valence-corrected chi connectivity index (χ2v) is 3.29. The molecule has 0 heterocycles. The standard InChI is InChI=1S/C11H14N2O3/c1-2-13(7-10(14)15)9-6-4-3-5-8(9)11(12)16/h3-6H,2,7H2,1H3,(H2,12,16)(H,14,15). The van der Waals surface area contributed by atoms with Crippen molar-refractivity contribution in [2.45, 2.75) is 6.92 Å². The van der Waals surface area contributed by atoms with Crippen molar-refractivity contribution in [3.63, 3.8) is 0 Å². The Bertz CT molecular complexity index is 404. The number of para-hydroxylation sites is 1. The van der Waals surface area contributed by atoms with Crippen LogP contribution in [0, 0.1) is 0 Å². The van der Waals surface area contributed by atoms with Gasteiger partial charge in [0.2, 0.25) is 0 Å². The lowest BCUT2D eigenvalue weighted by molar-refractivity contribution is -0.135. The van der Waals surface area contributed by atoms with Crippen molar-refractivity contribution in [1.29, 1.82) is 0 Å². The molecule has 0 unspecified atom stereocenters. The minimum atomic E-state index is -0.943. The number of carboxylic acid groups (broad SMARTS) is 1. The lowest BCUT2D eigenvalue weighted by atomic mass is 10.1. The van der Waals surface area contributed by atoms with Gasteiger partial charge in [-0.2, -0.15) is 0 Å². The third-order valence-electron chi connectivity index (χ3n) is 2.22. The molecule has 86 valence electrons. The molecule has 0 saturated heterocycles. The maximum atomic E-state index is 11.2. The Labute approximate surface area is 93.5 Å². The molecule has 0 atom stereocenters. The highest BCUT2D eigenvalue weighted by atomic mass is 16.4. The van der Waals surface area contributed by atoms with E-state index < -0.39 is 11.9 Å². The summed E-state index contributed by atoms with van der Waals surface area (Å²) in [5.74, 6) is -1.50. The molecular weight excluding hydrogens is 208 g/mol. The number of anilines is 1. The molecule has 0 bridgehead atoms. The van der Waals surface area contributed by atoms with E-state index in [0.717, 1.165) is 0 Å². The van der Waals surface area contributed by atoms with E-state index in [4.69, 9.17) is 10.8 Å². The third-order valence-corrected chi connectivity index (χ3v) is 2.22. The van der Waals surface area contributed by atoms with Crippen LogP contribution in [0.3, 0.4) is 0 Å². The summed E-state index contributed by atoms with van der Waals surface area (Å²) in [5.41, 5.74) is 6.12. The predicted molar refractivity (Wildman–Crippen MR) is 60.5 cm³/mol. The predicted octanol–water partition coefficient (Wildman–Crippen LogP) is 0.696. The zero-order valence-electron chi connectivity index (χ0n) is 9.01. The molecule has 0 aromatic heterocycles. The molecule has 1 amide bonds. The second-order valence-electron chi connectivity index (χ2n) is 3.29. The topological polar surface area (TPSA) is 83.6 Å². The summed E-state index contributed by atoms with van der Waals surface area (Å²) in [6.45, 7) is 2.16. The average molecular weight is 222 g/mol. The van der Waals surface area contributed by atoms with Crippen LogP contribution < -0.4 is 10.6 Å². The molecule has 5 nitrogen and oxygen atoms in total. The van der Waals surface area contributed by atoms with Crippen LogP contribution in [-0.2, 0) is 4.79 Å². The zero-order chi connectivity index (χ0) is 12.1. The van der Waals surface area contributed by atoms with Gasteiger partial charge in [0.25, 0.3) is 5.91 Å². The quantitative estimate of drug-likeness (QED) is 0.768. The smallest absolute Gasteiger partial charge is 0.323 e. The Morgan fingerprint density at radius 1 is 1.38 bits per heavy atom. The fraction of sp³-hybridized carbons (Fsp3) is 0.273. The van der Waals surface area contributed by atoms with Crippen molar-refractivity contribution >= 4 is 17.6 Å². The number of likely N-dealkylation sites (N-methyl/N-ethyl adjacent to an activating group) is 1. The minimum absolute atomic E-state index is 0.152. The van der Waals surface area contributed by atoms with Gasteiger partial charge in [0.1, 0.15) is 6.54 Å². The summed E-state index contributed by atoms with van der Waals surface area (Å²) in [7, 11) is 0. The van der Waals surface area contributed by atoms with Gasteiger partial charge >= 0.3 is 5.97 Å². The largest absolute Gasteiger partial charge is 0.480 e. The van der Waals surface area contributed by atoms with E-state index in [1.165, 1.54) is 0 Å². The van der Waals surface area contributed by atoms with Gasteiger partial charge in [-0.1, -0.05) is 12.1 Å². The van der Waals surface area contributed by atoms with Gasteiger partial charge in [-0.3, -0.25) is 9.59 Å². The Morgan fingerprint density at radius 2 is 2.00 bits per heavy atom. The molecule has 1 rings (SSSR count). The van der Waals surface area contributed by atoms with Gasteiger partial charge in [0.05, 0.1) is 11.3 Å². The Morgan fingerprint density at radius 3 is 2.50 bits per heavy atom. The summed E-state index contributed by atoms with van der Waals surface area (Å²) in [6.07, 6.45) is 0. The second kappa shape index (κ2) is 5.16. The average Bonchev–Trinajstić information content (AvgIpc) is 2.25. The number of amides is 1. The number of nitrogens with two attached hydrogens (primary N) is 1. The Hall–Kier alpha value is -2.04. The van der Waals surface area contributed by atoms with Crippen molar-refractivity contribution in [3.8, 4) is 0 Å². The highest BCUT2D eigenvalue weighted by Crippen LogP contribution is 2.19. The first-order chi connectivity index (χ1) is 7.56. The van der Waals surface area contributed by atoms with Gasteiger partial charge in [0.15, 0.2) is 0 Å². The highest BCUT2D eigenvalue weighted by Gasteiger charge is 2.14. The van der Waals surface area contributed by atoms with Crippen molar-refractivity contribution in [2.24, 2.45) is 5.73 Å². The number of benzene rings is 1. The third kappa shape index (κ3) is 2.73. The van der Waals surface area contributed by atoms with E-state index in [1.54, 1.807) is 29.2 Å². The van der Waals surface area contributed by atoms with E-state index in [0.29, 0.717) is 17.8 Å². The van der Waals surface area contributed by atoms with Crippen molar-refractivity contribution in [2.75, 3.05) is 18.0 Å². The SMILES string of the molecule is CCN(CC(=O)O)c1ccccc1C(N)=O. The Balaban J connectivity index is 3.08. The molecule has 0 aliphatic carbocycles. The molecular formula is C11H14N2O3. The summed E-state index contributed by atoms with van der Waals surface area (Å²) < 4.78 is 0. The lowest BCUT2D eigenvalue weighted by Crippen LogP contribution is -2.31. The number of carboxylic acids is 1. The summed E-state index contributed by atoms with van der Waals surface area (Å²) in [5, 5.41) is 8.75. The molecule has 1 aromatic rings. The normalized spacial score (nSPS) is 9.81. The molecule has 0 radical (unpaired) electrons. The lowest BCUT2D eigenvalue weighted by Gasteiger charge is -2.22. The van der Waals surface area contributed by atoms with Gasteiger partial charge in [-0.15, -0.1) is 0 Å². The number of primary amides is 1. The molecule has 0 saturated carbocycles. The fourth-order valence-corrected chi connectivity index (χ4v) is 1.49. The van der Waals surface area contributed by atoms with Crippen molar-refractivity contribution < 1.29 is 14.7 Å². The monoisotopic (exact) mass is 222 g/mol. The highest BCUT2D eigenvalue weighted by molar-refractivity contribution is 5.99. The van der Waals surface area contributed by atoms with Gasteiger partial charge in [0, 0.05) is 6.54 Å². The number of carbonyl (C=O) groups excluding carboxylic acids is 1. The van der Waals surface area contributed by atoms with Crippen LogP contribution in [0.4, 0.5) is 5.69 Å². The Kier molecular flexibility index (Phi) is 3.88. The van der Waals surface area contributed by atoms with Crippen LogP contribution in [-0.4, -0.2) is 30.1 Å².